The molecule has 7 heteroatoms. The van der Waals surface area contributed by atoms with Gasteiger partial charge in [0.05, 0.1) is 18.8 Å². The van der Waals surface area contributed by atoms with Crippen molar-refractivity contribution in [2.24, 2.45) is 0 Å². The van der Waals surface area contributed by atoms with Crippen LogP contribution in [0, 0.1) is 0 Å². The molecular weight excluding hydrogens is 502 g/mol. The highest BCUT2D eigenvalue weighted by Crippen LogP contribution is 2.29. The van der Waals surface area contributed by atoms with Crippen LogP contribution in [0.5, 0.6) is 5.75 Å². The maximum Gasteiger partial charge on any atom is 0.344 e. The molecule has 2 aromatic carbocycles. The first kappa shape index (κ1) is 30.1. The van der Waals surface area contributed by atoms with Crippen molar-refractivity contribution >= 4 is 16.9 Å². The number of rotatable bonds is 16. The van der Waals surface area contributed by atoms with E-state index in [9.17, 15) is 18.4 Å². The minimum Gasteiger partial charge on any atom is -0.493 e. The third-order valence-corrected chi connectivity index (χ3v) is 6.67. The van der Waals surface area contributed by atoms with Crippen LogP contribution in [0.2, 0.25) is 0 Å². The first-order chi connectivity index (χ1) is 18.8. The second kappa shape index (κ2) is 14.6. The number of alkyl halides is 2. The molecule has 1 heterocycles. The second-order valence-electron chi connectivity index (χ2n) is 9.73. The SMILES string of the molecule is C=CC(=O)OCCCC(F)(F)CCCOc1ccc2cc(-c3ccc(CCCCC)cc3CC)c(=O)oc2c1. The Kier molecular flexibility index (Phi) is 11.3. The lowest BCUT2D eigenvalue weighted by molar-refractivity contribution is -0.138. The minimum absolute atomic E-state index is 0.0644. The summed E-state index contributed by atoms with van der Waals surface area (Å²) in [6.07, 6.45) is 5.87. The van der Waals surface area contributed by atoms with Crippen molar-refractivity contribution < 1.29 is 27.5 Å². The van der Waals surface area contributed by atoms with E-state index in [4.69, 9.17) is 13.9 Å². The average molecular weight is 541 g/mol. The largest absolute Gasteiger partial charge is 0.493 e. The molecule has 39 heavy (non-hydrogen) atoms. The molecule has 0 unspecified atom stereocenters. The van der Waals surface area contributed by atoms with Gasteiger partial charge in [-0.15, -0.1) is 0 Å². The third kappa shape index (κ3) is 9.05. The molecule has 0 radical (unpaired) electrons. The van der Waals surface area contributed by atoms with Crippen LogP contribution in [0.25, 0.3) is 22.1 Å². The molecule has 0 atom stereocenters. The second-order valence-corrected chi connectivity index (χ2v) is 9.73. The summed E-state index contributed by atoms with van der Waals surface area (Å²) >= 11 is 0. The van der Waals surface area contributed by atoms with Gasteiger partial charge in [0.1, 0.15) is 11.3 Å². The number of benzene rings is 2. The van der Waals surface area contributed by atoms with Crippen LogP contribution in [0.3, 0.4) is 0 Å². The number of ether oxygens (including phenoxy) is 2. The molecule has 210 valence electrons. The smallest absolute Gasteiger partial charge is 0.344 e. The van der Waals surface area contributed by atoms with Gasteiger partial charge in [0, 0.05) is 30.4 Å². The topological polar surface area (TPSA) is 65.7 Å². The third-order valence-electron chi connectivity index (χ3n) is 6.67. The van der Waals surface area contributed by atoms with Gasteiger partial charge in [0.15, 0.2) is 0 Å². The molecular formula is C32H38F2O5. The fourth-order valence-electron chi connectivity index (χ4n) is 4.51. The number of halogens is 2. The summed E-state index contributed by atoms with van der Waals surface area (Å²) in [5, 5.41) is 0.759. The Balaban J connectivity index is 1.60. The molecule has 0 spiro atoms. The number of aryl methyl sites for hydroxylation is 2. The first-order valence-corrected chi connectivity index (χ1v) is 13.8. The molecule has 0 aliphatic rings. The Morgan fingerprint density at radius 3 is 2.46 bits per heavy atom. The fourth-order valence-corrected chi connectivity index (χ4v) is 4.51. The van der Waals surface area contributed by atoms with E-state index in [0.29, 0.717) is 16.9 Å². The van der Waals surface area contributed by atoms with Gasteiger partial charge in [-0.1, -0.05) is 51.5 Å². The number of hydrogen-bond donors (Lipinski definition) is 0. The van der Waals surface area contributed by atoms with E-state index < -0.39 is 17.5 Å². The molecule has 0 bridgehead atoms. The summed E-state index contributed by atoms with van der Waals surface area (Å²) in [7, 11) is 0. The normalized spacial score (nSPS) is 11.5. The summed E-state index contributed by atoms with van der Waals surface area (Å²) in [6, 6.07) is 13.3. The summed E-state index contributed by atoms with van der Waals surface area (Å²) in [6.45, 7) is 7.56. The van der Waals surface area contributed by atoms with E-state index in [1.165, 1.54) is 18.4 Å². The number of fused-ring (bicyclic) bond motifs is 1. The van der Waals surface area contributed by atoms with Crippen molar-refractivity contribution in [1.29, 1.82) is 0 Å². The molecule has 3 aromatic rings. The van der Waals surface area contributed by atoms with Gasteiger partial charge in [-0.05, 0) is 67.0 Å². The van der Waals surface area contributed by atoms with E-state index in [-0.39, 0.29) is 38.9 Å². The zero-order valence-electron chi connectivity index (χ0n) is 22.9. The van der Waals surface area contributed by atoms with Gasteiger partial charge in [-0.3, -0.25) is 0 Å². The number of hydrogen-bond acceptors (Lipinski definition) is 5. The standard InChI is InChI=1S/C32H38F2O5/c1-4-7-8-11-23-12-15-27(24(5-2)20-23)28-21-25-13-14-26(22-29(25)39-31(28)36)37-18-9-16-32(33,34)17-10-19-38-30(35)6-3/h6,12-15,20-22H,3-5,7-11,16-19H2,1-2H3. The van der Waals surface area contributed by atoms with Gasteiger partial charge < -0.3 is 13.9 Å². The van der Waals surface area contributed by atoms with Crippen molar-refractivity contribution in [2.75, 3.05) is 13.2 Å². The maximum atomic E-state index is 14.1. The van der Waals surface area contributed by atoms with Crippen LogP contribution in [-0.2, 0) is 22.4 Å². The number of carbonyl (C=O) groups is 1. The Morgan fingerprint density at radius 1 is 0.974 bits per heavy atom. The van der Waals surface area contributed by atoms with Crippen molar-refractivity contribution in [3.8, 4) is 16.9 Å². The maximum absolute atomic E-state index is 14.1. The van der Waals surface area contributed by atoms with Crippen LogP contribution in [0.1, 0.15) is 69.9 Å². The van der Waals surface area contributed by atoms with Crippen molar-refractivity contribution in [2.45, 2.75) is 77.6 Å². The molecule has 0 fully saturated rings. The van der Waals surface area contributed by atoms with Crippen molar-refractivity contribution in [3.05, 3.63) is 76.7 Å². The molecule has 0 amide bonds. The lowest BCUT2D eigenvalue weighted by atomic mass is 9.94. The quantitative estimate of drug-likeness (QED) is 0.0796. The Bertz CT molecular complexity index is 1310. The predicted molar refractivity (Wildman–Crippen MR) is 151 cm³/mol. The van der Waals surface area contributed by atoms with E-state index in [1.54, 1.807) is 18.2 Å². The highest BCUT2D eigenvalue weighted by Gasteiger charge is 2.27. The van der Waals surface area contributed by atoms with E-state index in [2.05, 4.69) is 32.6 Å². The van der Waals surface area contributed by atoms with Crippen LogP contribution in [0.15, 0.2) is 64.3 Å². The van der Waals surface area contributed by atoms with Gasteiger partial charge in [0.2, 0.25) is 5.92 Å². The van der Waals surface area contributed by atoms with Crippen molar-refractivity contribution in [1.82, 2.24) is 0 Å². The molecule has 1 aromatic heterocycles. The van der Waals surface area contributed by atoms with E-state index >= 15 is 0 Å². The molecule has 0 saturated carbocycles. The lowest BCUT2D eigenvalue weighted by Crippen LogP contribution is -2.18. The lowest BCUT2D eigenvalue weighted by Gasteiger charge is -2.16. The van der Waals surface area contributed by atoms with Gasteiger partial charge in [0.25, 0.3) is 0 Å². The first-order valence-electron chi connectivity index (χ1n) is 13.8. The predicted octanol–water partition coefficient (Wildman–Crippen LogP) is 8.06. The molecule has 5 nitrogen and oxygen atoms in total. The van der Waals surface area contributed by atoms with Gasteiger partial charge in [-0.25, -0.2) is 18.4 Å². The Labute approximate surface area is 228 Å². The van der Waals surface area contributed by atoms with Crippen LogP contribution in [0.4, 0.5) is 8.78 Å². The zero-order chi connectivity index (χ0) is 28.3. The summed E-state index contributed by atoms with van der Waals surface area (Å²) in [4.78, 5) is 23.9. The van der Waals surface area contributed by atoms with Gasteiger partial charge >= 0.3 is 11.6 Å². The summed E-state index contributed by atoms with van der Waals surface area (Å²) in [5.74, 6) is -3.04. The highest BCUT2D eigenvalue weighted by molar-refractivity contribution is 5.83. The van der Waals surface area contributed by atoms with Crippen LogP contribution >= 0.6 is 0 Å². The van der Waals surface area contributed by atoms with Crippen LogP contribution < -0.4 is 10.4 Å². The molecule has 0 aliphatic carbocycles. The molecule has 0 aliphatic heterocycles. The zero-order valence-corrected chi connectivity index (χ0v) is 22.9. The van der Waals surface area contributed by atoms with Gasteiger partial charge in [-0.2, -0.15) is 0 Å². The highest BCUT2D eigenvalue weighted by atomic mass is 19.3. The molecule has 3 rings (SSSR count). The van der Waals surface area contributed by atoms with Crippen LogP contribution in [-0.4, -0.2) is 25.1 Å². The van der Waals surface area contributed by atoms with Crippen molar-refractivity contribution in [3.63, 3.8) is 0 Å². The summed E-state index contributed by atoms with van der Waals surface area (Å²) in [5.41, 5.74) is 3.76. The van der Waals surface area contributed by atoms with E-state index in [1.807, 2.05) is 12.1 Å². The minimum atomic E-state index is -2.87. The monoisotopic (exact) mass is 540 g/mol. The molecule has 0 N–H and O–H groups in total. The Hall–Kier alpha value is -3.48. The molecule has 0 saturated heterocycles. The number of unbranched alkanes of at least 4 members (excludes halogenated alkanes) is 2. The fraction of sp³-hybridized carbons (Fsp3) is 0.438. The number of esters is 1. The summed E-state index contributed by atoms with van der Waals surface area (Å²) < 4.78 is 44.2. The number of carbonyl (C=O) groups excluding carboxylic acids is 1. The Morgan fingerprint density at radius 2 is 1.74 bits per heavy atom. The van der Waals surface area contributed by atoms with E-state index in [0.717, 1.165) is 41.9 Å². The average Bonchev–Trinajstić information content (AvgIpc) is 2.93.